The van der Waals surface area contributed by atoms with Gasteiger partial charge in [0.25, 0.3) is 0 Å². The number of rotatable bonds is 4. The van der Waals surface area contributed by atoms with Crippen molar-refractivity contribution in [2.75, 3.05) is 41.3 Å². The van der Waals surface area contributed by atoms with Crippen molar-refractivity contribution < 1.29 is 0 Å². The quantitative estimate of drug-likeness (QED) is 0.782. The number of nitrogens with zero attached hydrogens (tertiary/aromatic N) is 4. The number of aromatic nitrogens is 2. The first kappa shape index (κ1) is 19.1. The fourth-order valence-electron chi connectivity index (χ4n) is 4.00. The fraction of sp³-hybridized carbons (Fsp3) is 0.737. The maximum atomic E-state index is 5.40. The van der Waals surface area contributed by atoms with Crippen LogP contribution < -0.4 is 20.4 Å². The molecule has 2 N–H and O–H groups in total. The first-order chi connectivity index (χ1) is 12.4. The molecular weight excluding hydrogens is 344 g/mol. The van der Waals surface area contributed by atoms with Gasteiger partial charge in [-0.1, -0.05) is 13.8 Å². The minimum absolute atomic E-state index is 0.278. The van der Waals surface area contributed by atoms with Crippen LogP contribution in [0.25, 0.3) is 0 Å². The Hall–Kier alpha value is -1.63. The van der Waals surface area contributed by atoms with E-state index in [1.165, 1.54) is 19.3 Å². The van der Waals surface area contributed by atoms with Crippen LogP contribution in [0, 0.1) is 11.8 Å². The van der Waals surface area contributed by atoms with Gasteiger partial charge in [-0.25, -0.2) is 0 Å². The van der Waals surface area contributed by atoms with E-state index in [4.69, 9.17) is 22.2 Å². The molecule has 2 fully saturated rings. The lowest BCUT2D eigenvalue weighted by Gasteiger charge is -2.36. The molecule has 0 unspecified atom stereocenters. The molecule has 7 heteroatoms. The molecule has 2 aliphatic heterocycles. The summed E-state index contributed by atoms with van der Waals surface area (Å²) in [5, 5.41) is 6.96. The van der Waals surface area contributed by atoms with E-state index in [1.54, 1.807) is 0 Å². The Labute approximate surface area is 162 Å². The Bertz CT molecular complexity index is 618. The predicted octanol–water partition coefficient (Wildman–Crippen LogP) is 3.25. The van der Waals surface area contributed by atoms with Crippen LogP contribution in [0.3, 0.4) is 0 Å². The van der Waals surface area contributed by atoms with E-state index in [0.29, 0.717) is 22.9 Å². The van der Waals surface area contributed by atoms with Crippen LogP contribution in [0.5, 0.6) is 0 Å². The summed E-state index contributed by atoms with van der Waals surface area (Å²) in [6.07, 6.45) is 3.74. The molecule has 0 bridgehead atoms. The molecule has 1 aromatic heterocycles. The van der Waals surface area contributed by atoms with Crippen molar-refractivity contribution in [3.05, 3.63) is 6.07 Å². The van der Waals surface area contributed by atoms with Crippen LogP contribution in [0.1, 0.15) is 47.0 Å². The van der Waals surface area contributed by atoms with Crippen LogP contribution in [0.15, 0.2) is 6.07 Å². The highest BCUT2D eigenvalue weighted by molar-refractivity contribution is 7.80. The highest BCUT2D eigenvalue weighted by Gasteiger charge is 2.25. The van der Waals surface area contributed by atoms with Gasteiger partial charge in [0.05, 0.1) is 0 Å². The lowest BCUT2D eigenvalue weighted by molar-refractivity contribution is 0.355. The number of thiocarbonyl (C=S) groups is 1. The smallest absolute Gasteiger partial charge is 0.232 e. The maximum absolute atomic E-state index is 5.40. The van der Waals surface area contributed by atoms with Crippen molar-refractivity contribution in [3.63, 3.8) is 0 Å². The Kier molecular flexibility index (Phi) is 6.16. The molecule has 2 saturated heterocycles. The van der Waals surface area contributed by atoms with Gasteiger partial charge < -0.3 is 20.4 Å². The summed E-state index contributed by atoms with van der Waals surface area (Å²) in [5.41, 5.74) is 0. The lowest BCUT2D eigenvalue weighted by atomic mass is 9.92. The van der Waals surface area contributed by atoms with Crippen LogP contribution in [-0.4, -0.2) is 47.3 Å². The average Bonchev–Trinajstić information content (AvgIpc) is 3.07. The third-order valence-corrected chi connectivity index (χ3v) is 5.19. The third kappa shape index (κ3) is 4.96. The highest BCUT2D eigenvalue weighted by Crippen LogP contribution is 2.29. The Morgan fingerprint density at radius 2 is 1.65 bits per heavy atom. The molecule has 3 heterocycles. The van der Waals surface area contributed by atoms with Crippen molar-refractivity contribution in [2.24, 2.45) is 11.8 Å². The molecule has 0 aliphatic carbocycles. The van der Waals surface area contributed by atoms with E-state index in [2.05, 4.69) is 54.2 Å². The normalized spacial score (nSPS) is 23.4. The zero-order valence-corrected chi connectivity index (χ0v) is 17.3. The molecule has 2 aliphatic rings. The summed E-state index contributed by atoms with van der Waals surface area (Å²) < 4.78 is 0. The molecule has 144 valence electrons. The van der Waals surface area contributed by atoms with Crippen molar-refractivity contribution in [1.29, 1.82) is 0 Å². The molecular formula is C19H32N6S. The average molecular weight is 377 g/mol. The van der Waals surface area contributed by atoms with Gasteiger partial charge in [-0.2, -0.15) is 9.97 Å². The van der Waals surface area contributed by atoms with E-state index in [1.807, 2.05) is 0 Å². The standard InChI is InChI=1S/C19H32N6S/c1-13(2)20-19(26)23-18-21-16(24-7-5-6-8-24)10-17(22-18)25-11-14(3)9-15(4)12-25/h10,13-15H,5-9,11-12H2,1-4H3,(H2,20,21,22,23,26)/t14-,15-/m1/s1. The minimum Gasteiger partial charge on any atom is -0.360 e. The third-order valence-electron chi connectivity index (χ3n) is 4.97. The zero-order valence-electron chi connectivity index (χ0n) is 16.5. The van der Waals surface area contributed by atoms with Crippen molar-refractivity contribution in [1.82, 2.24) is 15.3 Å². The molecule has 26 heavy (non-hydrogen) atoms. The second-order valence-electron chi connectivity index (χ2n) is 8.21. The molecule has 0 spiro atoms. The van der Waals surface area contributed by atoms with Gasteiger partial charge in [0.15, 0.2) is 5.11 Å². The van der Waals surface area contributed by atoms with Gasteiger partial charge >= 0.3 is 0 Å². The first-order valence-electron chi connectivity index (χ1n) is 9.87. The second kappa shape index (κ2) is 8.37. The lowest BCUT2D eigenvalue weighted by Crippen LogP contribution is -2.39. The molecule has 2 atom stereocenters. The fourth-order valence-corrected chi connectivity index (χ4v) is 4.32. The van der Waals surface area contributed by atoms with E-state index in [0.717, 1.165) is 37.8 Å². The molecule has 1 aromatic rings. The summed E-state index contributed by atoms with van der Waals surface area (Å²) in [6.45, 7) is 13.0. The van der Waals surface area contributed by atoms with E-state index >= 15 is 0 Å². The number of anilines is 3. The van der Waals surface area contributed by atoms with Crippen molar-refractivity contribution >= 4 is 34.9 Å². The van der Waals surface area contributed by atoms with E-state index in [9.17, 15) is 0 Å². The summed E-state index contributed by atoms with van der Waals surface area (Å²) >= 11 is 5.40. The van der Waals surface area contributed by atoms with Crippen molar-refractivity contribution in [3.8, 4) is 0 Å². The Morgan fingerprint density at radius 1 is 1.08 bits per heavy atom. The van der Waals surface area contributed by atoms with Gasteiger partial charge in [0.2, 0.25) is 5.95 Å². The van der Waals surface area contributed by atoms with Gasteiger partial charge in [0, 0.05) is 38.3 Å². The van der Waals surface area contributed by atoms with E-state index in [-0.39, 0.29) is 6.04 Å². The molecule has 0 amide bonds. The molecule has 0 aromatic carbocycles. The van der Waals surface area contributed by atoms with Crippen molar-refractivity contribution in [2.45, 2.75) is 53.0 Å². The number of piperidine rings is 1. The minimum atomic E-state index is 0.278. The summed E-state index contributed by atoms with van der Waals surface area (Å²) in [4.78, 5) is 14.3. The Balaban J connectivity index is 1.86. The predicted molar refractivity (Wildman–Crippen MR) is 113 cm³/mol. The van der Waals surface area contributed by atoms with Crippen LogP contribution in [-0.2, 0) is 0 Å². The van der Waals surface area contributed by atoms with Gasteiger partial charge in [-0.3, -0.25) is 0 Å². The first-order valence-corrected chi connectivity index (χ1v) is 10.3. The summed E-state index contributed by atoms with van der Waals surface area (Å²) in [6, 6.07) is 2.43. The maximum Gasteiger partial charge on any atom is 0.232 e. The van der Waals surface area contributed by atoms with Crippen LogP contribution in [0.4, 0.5) is 17.6 Å². The van der Waals surface area contributed by atoms with Crippen LogP contribution in [0.2, 0.25) is 0 Å². The monoisotopic (exact) mass is 376 g/mol. The topological polar surface area (TPSA) is 56.3 Å². The number of hydrogen-bond donors (Lipinski definition) is 2. The second-order valence-corrected chi connectivity index (χ2v) is 8.61. The number of nitrogens with one attached hydrogen (secondary N) is 2. The molecule has 0 radical (unpaired) electrons. The largest absolute Gasteiger partial charge is 0.360 e. The summed E-state index contributed by atoms with van der Waals surface area (Å²) in [7, 11) is 0. The summed E-state index contributed by atoms with van der Waals surface area (Å²) in [5.74, 6) is 3.98. The van der Waals surface area contributed by atoms with Gasteiger partial charge in [-0.05, 0) is 57.2 Å². The Morgan fingerprint density at radius 3 is 2.23 bits per heavy atom. The SMILES string of the molecule is CC(C)NC(=S)Nc1nc(N2CCCC2)cc(N2C[C@H](C)C[C@@H](C)C2)n1. The molecule has 6 nitrogen and oxygen atoms in total. The van der Waals surface area contributed by atoms with Gasteiger partial charge in [-0.15, -0.1) is 0 Å². The zero-order chi connectivity index (χ0) is 18.7. The number of hydrogen-bond acceptors (Lipinski definition) is 5. The van der Waals surface area contributed by atoms with E-state index < -0.39 is 0 Å². The van der Waals surface area contributed by atoms with Gasteiger partial charge in [0.1, 0.15) is 11.6 Å². The highest BCUT2D eigenvalue weighted by atomic mass is 32.1. The molecule has 0 saturated carbocycles. The van der Waals surface area contributed by atoms with Crippen LogP contribution >= 0.6 is 12.2 Å². The molecule has 3 rings (SSSR count).